The van der Waals surface area contributed by atoms with Crippen LogP contribution in [0.25, 0.3) is 0 Å². The van der Waals surface area contributed by atoms with E-state index in [0.717, 1.165) is 0 Å². The molecule has 0 radical (unpaired) electrons. The Balaban J connectivity index is 2.96. The zero-order valence-electron chi connectivity index (χ0n) is 11.9. The number of amides is 1. The predicted octanol–water partition coefficient (Wildman–Crippen LogP) is 1.18. The number of carbonyl (C=O) groups excluding carboxylic acids is 1. The number of nitrogens with zero attached hydrogens (tertiary/aromatic N) is 1. The molecule has 0 spiro atoms. The van der Waals surface area contributed by atoms with Crippen molar-refractivity contribution in [1.29, 1.82) is 0 Å². The fourth-order valence-electron chi connectivity index (χ4n) is 1.90. The van der Waals surface area contributed by atoms with E-state index in [4.69, 9.17) is 14.6 Å². The first-order valence-electron chi connectivity index (χ1n) is 6.22. The average Bonchev–Trinajstić information content (AvgIpc) is 2.44. The van der Waals surface area contributed by atoms with Crippen LogP contribution in [-0.2, 0) is 16.0 Å². The first kappa shape index (κ1) is 15.8. The molecule has 0 aliphatic heterocycles. The molecule has 6 nitrogen and oxygen atoms in total. The van der Waals surface area contributed by atoms with Gasteiger partial charge in [0.2, 0.25) is 5.91 Å². The highest BCUT2D eigenvalue weighted by Crippen LogP contribution is 2.29. The third-order valence-corrected chi connectivity index (χ3v) is 2.92. The van der Waals surface area contributed by atoms with Crippen molar-refractivity contribution in [2.24, 2.45) is 0 Å². The molecule has 1 rings (SSSR count). The molecule has 20 heavy (non-hydrogen) atoms. The molecule has 0 saturated heterocycles. The van der Waals surface area contributed by atoms with E-state index >= 15 is 0 Å². The van der Waals surface area contributed by atoms with E-state index < -0.39 is 5.97 Å². The quantitative estimate of drug-likeness (QED) is 0.812. The van der Waals surface area contributed by atoms with Crippen LogP contribution in [0.4, 0.5) is 0 Å². The highest BCUT2D eigenvalue weighted by atomic mass is 16.5. The second-order valence-corrected chi connectivity index (χ2v) is 4.12. The molecule has 110 valence electrons. The molecule has 0 fully saturated rings. The van der Waals surface area contributed by atoms with Crippen LogP contribution >= 0.6 is 0 Å². The van der Waals surface area contributed by atoms with Crippen LogP contribution in [0.15, 0.2) is 18.2 Å². The van der Waals surface area contributed by atoms with Gasteiger partial charge in [0.25, 0.3) is 0 Å². The minimum absolute atomic E-state index is 0.0360. The van der Waals surface area contributed by atoms with Gasteiger partial charge in [0, 0.05) is 12.1 Å². The summed E-state index contributed by atoms with van der Waals surface area (Å²) in [7, 11) is 3.02. The Morgan fingerprint density at radius 3 is 2.15 bits per heavy atom. The number of carbonyl (C=O) groups is 2. The number of hydrogen-bond acceptors (Lipinski definition) is 4. The van der Waals surface area contributed by atoms with Crippen molar-refractivity contribution in [3.63, 3.8) is 0 Å². The average molecular weight is 281 g/mol. The molecule has 6 heteroatoms. The van der Waals surface area contributed by atoms with Crippen LogP contribution in [0, 0.1) is 0 Å². The molecular formula is C14H19NO5. The maximum atomic E-state index is 12.2. The summed E-state index contributed by atoms with van der Waals surface area (Å²) in [6.45, 7) is 1.76. The van der Waals surface area contributed by atoms with Gasteiger partial charge in [0.15, 0.2) is 0 Å². The minimum Gasteiger partial charge on any atom is -0.496 e. The van der Waals surface area contributed by atoms with E-state index in [-0.39, 0.29) is 18.9 Å². The monoisotopic (exact) mass is 281 g/mol. The number of aliphatic carboxylic acids is 1. The lowest BCUT2D eigenvalue weighted by molar-refractivity contribution is -0.144. The lowest BCUT2D eigenvalue weighted by Gasteiger charge is -2.20. The van der Waals surface area contributed by atoms with Crippen molar-refractivity contribution in [1.82, 2.24) is 4.90 Å². The van der Waals surface area contributed by atoms with Crippen LogP contribution in [-0.4, -0.2) is 49.2 Å². The summed E-state index contributed by atoms with van der Waals surface area (Å²) < 4.78 is 10.4. The van der Waals surface area contributed by atoms with E-state index in [1.807, 2.05) is 0 Å². The van der Waals surface area contributed by atoms with Crippen molar-refractivity contribution in [3.8, 4) is 11.5 Å². The molecule has 0 saturated carbocycles. The minimum atomic E-state index is -1.04. The van der Waals surface area contributed by atoms with E-state index in [9.17, 15) is 9.59 Å². The third-order valence-electron chi connectivity index (χ3n) is 2.92. The molecule has 1 aromatic carbocycles. The third kappa shape index (κ3) is 3.88. The van der Waals surface area contributed by atoms with Crippen molar-refractivity contribution < 1.29 is 24.2 Å². The molecule has 0 bridgehead atoms. The van der Waals surface area contributed by atoms with Gasteiger partial charge in [-0.2, -0.15) is 0 Å². The number of likely N-dealkylation sites (N-methyl/N-ethyl adjacent to an activating group) is 1. The molecule has 1 aromatic rings. The Morgan fingerprint density at radius 2 is 1.75 bits per heavy atom. The maximum absolute atomic E-state index is 12.2. The topological polar surface area (TPSA) is 76.1 Å². The van der Waals surface area contributed by atoms with E-state index in [1.54, 1.807) is 25.1 Å². The summed E-state index contributed by atoms with van der Waals surface area (Å²) in [4.78, 5) is 24.2. The molecular weight excluding hydrogens is 262 g/mol. The normalized spacial score (nSPS) is 9.95. The highest BCUT2D eigenvalue weighted by Gasteiger charge is 2.19. The molecule has 0 unspecified atom stereocenters. The second-order valence-electron chi connectivity index (χ2n) is 4.12. The van der Waals surface area contributed by atoms with Crippen LogP contribution in [0.5, 0.6) is 11.5 Å². The molecule has 0 heterocycles. The van der Waals surface area contributed by atoms with Crippen molar-refractivity contribution >= 4 is 11.9 Å². The number of ether oxygens (including phenoxy) is 2. The number of methoxy groups -OCH3 is 2. The fraction of sp³-hybridized carbons (Fsp3) is 0.429. The van der Waals surface area contributed by atoms with Gasteiger partial charge in [-0.3, -0.25) is 9.59 Å². The van der Waals surface area contributed by atoms with E-state index in [2.05, 4.69) is 0 Å². The number of carboxylic acids is 1. The summed E-state index contributed by atoms with van der Waals surface area (Å²) in [5, 5.41) is 8.79. The van der Waals surface area contributed by atoms with Crippen LogP contribution < -0.4 is 9.47 Å². The predicted molar refractivity (Wildman–Crippen MR) is 73.1 cm³/mol. The summed E-state index contributed by atoms with van der Waals surface area (Å²) in [6, 6.07) is 5.23. The summed E-state index contributed by atoms with van der Waals surface area (Å²) in [5.74, 6) is -0.224. The summed E-state index contributed by atoms with van der Waals surface area (Å²) >= 11 is 0. The van der Waals surface area contributed by atoms with Gasteiger partial charge in [-0.1, -0.05) is 6.07 Å². The largest absolute Gasteiger partial charge is 0.496 e. The molecule has 0 aliphatic carbocycles. The van der Waals surface area contributed by atoms with Crippen molar-refractivity contribution in [2.45, 2.75) is 13.3 Å². The lowest BCUT2D eigenvalue weighted by Crippen LogP contribution is -2.36. The first-order valence-corrected chi connectivity index (χ1v) is 6.22. The van der Waals surface area contributed by atoms with Gasteiger partial charge in [0.1, 0.15) is 18.0 Å². The zero-order valence-corrected chi connectivity index (χ0v) is 11.9. The Kier molecular flexibility index (Phi) is 5.83. The molecule has 0 atom stereocenters. The van der Waals surface area contributed by atoms with Gasteiger partial charge >= 0.3 is 5.97 Å². The van der Waals surface area contributed by atoms with Gasteiger partial charge < -0.3 is 19.5 Å². The Morgan fingerprint density at radius 1 is 1.20 bits per heavy atom. The van der Waals surface area contributed by atoms with Gasteiger partial charge in [-0.05, 0) is 19.1 Å². The van der Waals surface area contributed by atoms with Crippen LogP contribution in [0.3, 0.4) is 0 Å². The number of rotatable bonds is 7. The number of benzene rings is 1. The Bertz CT molecular complexity index is 464. The molecule has 0 aromatic heterocycles. The number of hydrogen-bond donors (Lipinski definition) is 1. The van der Waals surface area contributed by atoms with Crippen LogP contribution in [0.2, 0.25) is 0 Å². The molecule has 0 aliphatic rings. The van der Waals surface area contributed by atoms with Crippen LogP contribution in [0.1, 0.15) is 12.5 Å². The second kappa shape index (κ2) is 7.37. The van der Waals surface area contributed by atoms with E-state index in [0.29, 0.717) is 23.6 Å². The standard InChI is InChI=1S/C14H19NO5/c1-4-15(9-14(17)18)13(16)8-10-11(19-2)6-5-7-12(10)20-3/h5-7H,4,8-9H2,1-3H3,(H,17,18). The highest BCUT2D eigenvalue weighted by molar-refractivity contribution is 5.84. The summed E-state index contributed by atoms with van der Waals surface area (Å²) in [5.41, 5.74) is 0.617. The van der Waals surface area contributed by atoms with Crippen molar-refractivity contribution in [2.75, 3.05) is 27.3 Å². The molecule has 1 amide bonds. The SMILES string of the molecule is CCN(CC(=O)O)C(=O)Cc1c(OC)cccc1OC. The van der Waals surface area contributed by atoms with Gasteiger partial charge in [-0.25, -0.2) is 0 Å². The van der Waals surface area contributed by atoms with Gasteiger partial charge in [0.05, 0.1) is 20.6 Å². The summed E-state index contributed by atoms with van der Waals surface area (Å²) in [6.07, 6.45) is 0.0360. The zero-order chi connectivity index (χ0) is 15.1. The number of carboxylic acid groups (broad SMARTS) is 1. The molecule has 1 N–H and O–H groups in total. The fourth-order valence-corrected chi connectivity index (χ4v) is 1.90. The first-order chi connectivity index (χ1) is 9.53. The maximum Gasteiger partial charge on any atom is 0.323 e. The lowest BCUT2D eigenvalue weighted by atomic mass is 10.1. The Labute approximate surface area is 117 Å². The van der Waals surface area contributed by atoms with E-state index in [1.165, 1.54) is 19.1 Å². The Hall–Kier alpha value is -2.24. The smallest absolute Gasteiger partial charge is 0.323 e. The van der Waals surface area contributed by atoms with Crippen molar-refractivity contribution in [3.05, 3.63) is 23.8 Å². The van der Waals surface area contributed by atoms with Gasteiger partial charge in [-0.15, -0.1) is 0 Å².